The van der Waals surface area contributed by atoms with Crippen LogP contribution in [0.3, 0.4) is 0 Å². The molecule has 3 aromatic rings. The van der Waals surface area contributed by atoms with E-state index in [0.717, 1.165) is 35.9 Å². The molecule has 0 atom stereocenters. The van der Waals surface area contributed by atoms with Crippen LogP contribution in [0.15, 0.2) is 47.9 Å². The van der Waals surface area contributed by atoms with Gasteiger partial charge in [0.1, 0.15) is 0 Å². The maximum atomic E-state index is 4.74. The molecule has 5 heteroatoms. The van der Waals surface area contributed by atoms with Gasteiger partial charge in [0.25, 0.3) is 0 Å². The van der Waals surface area contributed by atoms with Gasteiger partial charge in [-0.3, -0.25) is 4.68 Å². The average Bonchev–Trinajstić information content (AvgIpc) is 3.11. The summed E-state index contributed by atoms with van der Waals surface area (Å²) in [6.07, 6.45) is 7.11. The van der Waals surface area contributed by atoms with Gasteiger partial charge in [-0.15, -0.1) is 0 Å². The zero-order chi connectivity index (χ0) is 16.1. The van der Waals surface area contributed by atoms with Gasteiger partial charge in [0.05, 0.1) is 11.9 Å². The lowest BCUT2D eigenvalue weighted by molar-refractivity contribution is 0.766. The monoisotopic (exact) mass is 326 g/mol. The van der Waals surface area contributed by atoms with Crippen molar-refractivity contribution >= 4 is 11.8 Å². The number of aromatic amines is 1. The number of aryl methyl sites for hydroxylation is 3. The molecule has 2 aromatic heterocycles. The summed E-state index contributed by atoms with van der Waals surface area (Å²) in [7, 11) is 1.96. The quantitative estimate of drug-likeness (QED) is 0.531. The maximum absolute atomic E-state index is 4.74. The SMILES string of the molecule is Cc1[nH]c(SCCCc2cnn(C)c2)nc1Cc1ccccc1. The number of rotatable bonds is 7. The van der Waals surface area contributed by atoms with Crippen molar-refractivity contribution in [2.24, 2.45) is 7.05 Å². The second-order valence-electron chi connectivity index (χ2n) is 5.75. The fraction of sp³-hybridized carbons (Fsp3) is 0.333. The second-order valence-corrected chi connectivity index (χ2v) is 6.83. The topological polar surface area (TPSA) is 46.5 Å². The molecule has 4 nitrogen and oxygen atoms in total. The van der Waals surface area contributed by atoms with Gasteiger partial charge in [-0.25, -0.2) is 4.98 Å². The van der Waals surface area contributed by atoms with Gasteiger partial charge in [0.15, 0.2) is 5.16 Å². The molecule has 2 heterocycles. The lowest BCUT2D eigenvalue weighted by atomic mass is 10.1. The predicted octanol–water partition coefficient (Wildman–Crippen LogP) is 3.77. The molecule has 23 heavy (non-hydrogen) atoms. The molecule has 0 amide bonds. The molecule has 1 aromatic carbocycles. The van der Waals surface area contributed by atoms with Crippen molar-refractivity contribution < 1.29 is 0 Å². The van der Waals surface area contributed by atoms with Crippen molar-refractivity contribution in [2.75, 3.05) is 5.75 Å². The third-order valence-electron chi connectivity index (χ3n) is 3.79. The largest absolute Gasteiger partial charge is 0.337 e. The lowest BCUT2D eigenvalue weighted by Gasteiger charge is -1.98. The van der Waals surface area contributed by atoms with Gasteiger partial charge in [0.2, 0.25) is 0 Å². The summed E-state index contributed by atoms with van der Waals surface area (Å²) in [5, 5.41) is 5.23. The summed E-state index contributed by atoms with van der Waals surface area (Å²) in [5.74, 6) is 1.06. The van der Waals surface area contributed by atoms with E-state index in [9.17, 15) is 0 Å². The molecule has 0 unspecified atom stereocenters. The standard InChI is InChI=1S/C18H22N4S/c1-14-17(11-15-7-4-3-5-8-15)21-18(20-14)23-10-6-9-16-12-19-22(2)13-16/h3-5,7-8,12-13H,6,9-11H2,1-2H3,(H,20,21). The Bertz CT molecular complexity index is 745. The van der Waals surface area contributed by atoms with Crippen LogP contribution in [0, 0.1) is 6.92 Å². The second kappa shape index (κ2) is 7.51. The van der Waals surface area contributed by atoms with Crippen LogP contribution in [0.4, 0.5) is 0 Å². The zero-order valence-corrected chi connectivity index (χ0v) is 14.4. The first-order chi connectivity index (χ1) is 11.2. The van der Waals surface area contributed by atoms with E-state index in [1.165, 1.54) is 16.8 Å². The molecule has 3 rings (SSSR count). The van der Waals surface area contributed by atoms with Crippen LogP contribution in [0.5, 0.6) is 0 Å². The first-order valence-electron chi connectivity index (χ1n) is 7.90. The van der Waals surface area contributed by atoms with Crippen LogP contribution in [-0.4, -0.2) is 25.5 Å². The molecular formula is C18H22N4S. The van der Waals surface area contributed by atoms with E-state index >= 15 is 0 Å². The van der Waals surface area contributed by atoms with E-state index in [0.29, 0.717) is 0 Å². The first-order valence-corrected chi connectivity index (χ1v) is 8.89. The van der Waals surface area contributed by atoms with Gasteiger partial charge in [0, 0.05) is 31.1 Å². The fourth-order valence-electron chi connectivity index (χ4n) is 2.54. The number of nitrogens with one attached hydrogen (secondary N) is 1. The summed E-state index contributed by atoms with van der Waals surface area (Å²) in [6, 6.07) is 10.5. The molecule has 120 valence electrons. The summed E-state index contributed by atoms with van der Waals surface area (Å²) in [5.41, 5.74) is 4.92. The number of nitrogens with zero attached hydrogens (tertiary/aromatic N) is 3. The molecule has 0 fully saturated rings. The summed E-state index contributed by atoms with van der Waals surface area (Å²) in [4.78, 5) is 8.15. The Morgan fingerprint density at radius 2 is 2.00 bits per heavy atom. The van der Waals surface area contributed by atoms with Crippen LogP contribution in [-0.2, 0) is 19.9 Å². The van der Waals surface area contributed by atoms with Crippen molar-refractivity contribution in [1.29, 1.82) is 0 Å². The zero-order valence-electron chi connectivity index (χ0n) is 13.6. The highest BCUT2D eigenvalue weighted by Gasteiger charge is 2.08. The highest BCUT2D eigenvalue weighted by atomic mass is 32.2. The number of hydrogen-bond donors (Lipinski definition) is 1. The first kappa shape index (κ1) is 15.9. The minimum atomic E-state index is 0.888. The number of H-pyrrole nitrogens is 1. The van der Waals surface area contributed by atoms with Gasteiger partial charge < -0.3 is 4.98 Å². The molecule has 0 saturated heterocycles. The molecule has 0 aliphatic carbocycles. The summed E-state index contributed by atoms with van der Waals surface area (Å²) in [6.45, 7) is 2.10. The Labute approximate surface area is 141 Å². The van der Waals surface area contributed by atoms with E-state index in [4.69, 9.17) is 4.98 Å². The van der Waals surface area contributed by atoms with E-state index in [-0.39, 0.29) is 0 Å². The third kappa shape index (κ3) is 4.48. The van der Waals surface area contributed by atoms with Crippen molar-refractivity contribution in [3.63, 3.8) is 0 Å². The highest BCUT2D eigenvalue weighted by Crippen LogP contribution is 2.20. The Morgan fingerprint density at radius 1 is 1.17 bits per heavy atom. The molecule has 0 aliphatic rings. The molecule has 1 N–H and O–H groups in total. The Kier molecular flexibility index (Phi) is 5.18. The number of imidazole rings is 1. The van der Waals surface area contributed by atoms with Crippen molar-refractivity contribution in [2.45, 2.75) is 31.3 Å². The number of hydrogen-bond acceptors (Lipinski definition) is 3. The third-order valence-corrected chi connectivity index (χ3v) is 4.74. The number of aromatic nitrogens is 4. The Morgan fingerprint density at radius 3 is 2.74 bits per heavy atom. The molecule has 0 radical (unpaired) electrons. The van der Waals surface area contributed by atoms with Gasteiger partial charge in [-0.1, -0.05) is 42.1 Å². The molecule has 0 saturated carbocycles. The summed E-state index contributed by atoms with van der Waals surface area (Å²) < 4.78 is 1.86. The Hall–Kier alpha value is -2.01. The average molecular weight is 326 g/mol. The van der Waals surface area contributed by atoms with Crippen molar-refractivity contribution in [3.8, 4) is 0 Å². The molecule has 0 bridgehead atoms. The lowest BCUT2D eigenvalue weighted by Crippen LogP contribution is -1.90. The Balaban J connectivity index is 1.50. The molecule has 0 spiro atoms. The normalized spacial score (nSPS) is 11.0. The van der Waals surface area contributed by atoms with Crippen LogP contribution >= 0.6 is 11.8 Å². The van der Waals surface area contributed by atoms with E-state index < -0.39 is 0 Å². The summed E-state index contributed by atoms with van der Waals surface area (Å²) >= 11 is 1.80. The van der Waals surface area contributed by atoms with Crippen molar-refractivity contribution in [1.82, 2.24) is 19.7 Å². The van der Waals surface area contributed by atoms with Crippen molar-refractivity contribution in [3.05, 3.63) is 65.2 Å². The van der Waals surface area contributed by atoms with E-state index in [2.05, 4.69) is 47.5 Å². The predicted molar refractivity (Wildman–Crippen MR) is 94.8 cm³/mol. The van der Waals surface area contributed by atoms with E-state index in [1.54, 1.807) is 11.8 Å². The highest BCUT2D eigenvalue weighted by molar-refractivity contribution is 7.99. The van der Waals surface area contributed by atoms with Crippen LogP contribution in [0.1, 0.15) is 28.9 Å². The minimum Gasteiger partial charge on any atom is -0.337 e. The van der Waals surface area contributed by atoms with Gasteiger partial charge in [-0.2, -0.15) is 5.10 Å². The maximum Gasteiger partial charge on any atom is 0.165 e. The smallest absolute Gasteiger partial charge is 0.165 e. The molecule has 0 aliphatic heterocycles. The van der Waals surface area contributed by atoms with Crippen LogP contribution < -0.4 is 0 Å². The van der Waals surface area contributed by atoms with E-state index in [1.807, 2.05) is 24.0 Å². The van der Waals surface area contributed by atoms with Gasteiger partial charge in [-0.05, 0) is 30.9 Å². The molecular weight excluding hydrogens is 304 g/mol. The van der Waals surface area contributed by atoms with Crippen LogP contribution in [0.25, 0.3) is 0 Å². The van der Waals surface area contributed by atoms with Gasteiger partial charge >= 0.3 is 0 Å². The fourth-order valence-corrected chi connectivity index (χ4v) is 3.42. The minimum absolute atomic E-state index is 0.888. The van der Waals surface area contributed by atoms with Crippen LogP contribution in [0.2, 0.25) is 0 Å². The number of benzene rings is 1. The number of thioether (sulfide) groups is 1.